The number of methoxy groups -OCH3 is 1. The second-order valence-electron chi connectivity index (χ2n) is 10.9. The van der Waals surface area contributed by atoms with Crippen molar-refractivity contribution in [1.82, 2.24) is 10.3 Å². The van der Waals surface area contributed by atoms with Crippen molar-refractivity contribution in [2.45, 2.75) is 50.5 Å². The molecular formula is C31H38N4O4S2. The van der Waals surface area contributed by atoms with E-state index in [0.29, 0.717) is 13.1 Å². The zero-order chi connectivity index (χ0) is 28.9. The Kier molecular flexibility index (Phi) is 8.95. The highest BCUT2D eigenvalue weighted by Crippen LogP contribution is 2.37. The van der Waals surface area contributed by atoms with Gasteiger partial charge in [-0.2, -0.15) is 5.26 Å². The number of thiazole rings is 1. The Morgan fingerprint density at radius 1 is 1.10 bits per heavy atom. The van der Waals surface area contributed by atoms with E-state index in [1.54, 1.807) is 18.4 Å². The molecule has 2 aromatic carbocycles. The van der Waals surface area contributed by atoms with Crippen LogP contribution in [0.3, 0.4) is 0 Å². The summed E-state index contributed by atoms with van der Waals surface area (Å²) in [4.78, 5) is 19.5. The van der Waals surface area contributed by atoms with E-state index < -0.39 is 15.4 Å². The van der Waals surface area contributed by atoms with E-state index in [1.807, 2.05) is 30.5 Å². The predicted molar refractivity (Wildman–Crippen MR) is 165 cm³/mol. The van der Waals surface area contributed by atoms with Gasteiger partial charge >= 0.3 is 0 Å². The maximum absolute atomic E-state index is 11.8. The van der Waals surface area contributed by atoms with E-state index in [-0.39, 0.29) is 24.8 Å². The van der Waals surface area contributed by atoms with Crippen LogP contribution in [0.4, 0.5) is 5.69 Å². The summed E-state index contributed by atoms with van der Waals surface area (Å²) in [5.41, 5.74) is 2.67. The summed E-state index contributed by atoms with van der Waals surface area (Å²) in [7, 11) is -1.20. The highest BCUT2D eigenvalue weighted by molar-refractivity contribution is 7.91. The number of anilines is 1. The molecular weight excluding hydrogens is 556 g/mol. The Labute approximate surface area is 247 Å². The number of benzene rings is 2. The summed E-state index contributed by atoms with van der Waals surface area (Å²) < 4.78 is 28.6. The van der Waals surface area contributed by atoms with Crippen LogP contribution in [-0.2, 0) is 14.6 Å². The molecule has 0 radical (unpaired) electrons. The van der Waals surface area contributed by atoms with Gasteiger partial charge < -0.3 is 15.0 Å². The lowest BCUT2D eigenvalue weighted by Gasteiger charge is -2.28. The summed E-state index contributed by atoms with van der Waals surface area (Å²) in [6, 6.07) is 18.3. The van der Waals surface area contributed by atoms with E-state index in [4.69, 9.17) is 10.00 Å². The summed E-state index contributed by atoms with van der Waals surface area (Å²) >= 11 is 1.63. The summed E-state index contributed by atoms with van der Waals surface area (Å²) in [6.45, 7) is 1.11. The van der Waals surface area contributed by atoms with Crippen molar-refractivity contribution < 1.29 is 19.4 Å². The normalized spacial score (nSPS) is 19.3. The molecule has 0 spiro atoms. The number of amides is 1. The van der Waals surface area contributed by atoms with Crippen LogP contribution >= 0.6 is 11.3 Å². The lowest BCUT2D eigenvalue weighted by Crippen LogP contribution is -2.40. The molecule has 1 saturated heterocycles. The largest absolute Gasteiger partial charge is 0.496 e. The monoisotopic (exact) mass is 594 g/mol. The molecule has 3 aromatic rings. The van der Waals surface area contributed by atoms with Crippen LogP contribution in [0, 0.1) is 17.2 Å². The topological polar surface area (TPSA) is 112 Å². The van der Waals surface area contributed by atoms with Gasteiger partial charge in [0.15, 0.2) is 9.84 Å². The zero-order valence-electron chi connectivity index (χ0n) is 23.3. The van der Waals surface area contributed by atoms with Gasteiger partial charge in [-0.1, -0.05) is 43.5 Å². The highest BCUT2D eigenvalue weighted by Gasteiger charge is 2.45. The first kappa shape index (κ1) is 29.1. The molecule has 3 fully saturated rings. The third kappa shape index (κ3) is 7.27. The van der Waals surface area contributed by atoms with Gasteiger partial charge in [-0.3, -0.25) is 4.79 Å². The van der Waals surface area contributed by atoms with Gasteiger partial charge in [0.2, 0.25) is 5.91 Å². The van der Waals surface area contributed by atoms with Crippen LogP contribution in [0.2, 0.25) is 0 Å². The minimum Gasteiger partial charge on any atom is -0.496 e. The molecule has 0 atom stereocenters. The molecule has 218 valence electrons. The number of nitrogens with one attached hydrogen (secondary N) is 1. The van der Waals surface area contributed by atoms with Gasteiger partial charge in [0.05, 0.1) is 35.1 Å². The van der Waals surface area contributed by atoms with Crippen LogP contribution < -0.4 is 15.0 Å². The summed E-state index contributed by atoms with van der Waals surface area (Å²) in [6.07, 6.45) is 9.15. The van der Waals surface area contributed by atoms with Crippen molar-refractivity contribution in [1.29, 1.82) is 5.26 Å². The fourth-order valence-electron chi connectivity index (χ4n) is 5.25. The van der Waals surface area contributed by atoms with Gasteiger partial charge in [0, 0.05) is 32.3 Å². The Hall–Kier alpha value is -3.42. The number of sulfone groups is 1. The molecule has 1 aliphatic heterocycles. The van der Waals surface area contributed by atoms with E-state index in [1.165, 1.54) is 6.42 Å². The predicted octanol–water partition coefficient (Wildman–Crippen LogP) is 5.71. The van der Waals surface area contributed by atoms with Gasteiger partial charge in [-0.05, 0) is 55.5 Å². The smallest absolute Gasteiger partial charge is 0.224 e. The average Bonchev–Trinajstić information content (AvgIpc) is 3.61. The number of hydrogen-bond donors (Lipinski definition) is 1. The van der Waals surface area contributed by atoms with Crippen molar-refractivity contribution in [3.05, 3.63) is 54.7 Å². The van der Waals surface area contributed by atoms with E-state index >= 15 is 0 Å². The van der Waals surface area contributed by atoms with Gasteiger partial charge in [0.25, 0.3) is 0 Å². The summed E-state index contributed by atoms with van der Waals surface area (Å²) in [5, 5.41) is 12.6. The summed E-state index contributed by atoms with van der Waals surface area (Å²) in [5.74, 6) is 1.56. The van der Waals surface area contributed by atoms with Crippen molar-refractivity contribution in [2.24, 2.45) is 5.92 Å². The maximum Gasteiger partial charge on any atom is 0.224 e. The number of rotatable bonds is 6. The first-order chi connectivity index (χ1) is 19.8. The molecule has 8 nitrogen and oxygen atoms in total. The van der Waals surface area contributed by atoms with Gasteiger partial charge in [-0.25, -0.2) is 13.4 Å². The second-order valence-corrected chi connectivity index (χ2v) is 14.3. The number of aromatic nitrogens is 1. The quantitative estimate of drug-likeness (QED) is 0.389. The molecule has 2 aliphatic carbocycles. The Morgan fingerprint density at radius 3 is 2.41 bits per heavy atom. The Bertz CT molecular complexity index is 1490. The van der Waals surface area contributed by atoms with Crippen molar-refractivity contribution in [2.75, 3.05) is 36.6 Å². The molecule has 10 heteroatoms. The fraction of sp³-hybridized carbons (Fsp3) is 0.452. The molecule has 2 heterocycles. The van der Waals surface area contributed by atoms with E-state index in [0.717, 1.165) is 71.0 Å². The van der Waals surface area contributed by atoms with Crippen LogP contribution in [0.25, 0.3) is 21.0 Å². The standard InChI is InChI=1S/C20H20N2O3S2.C11H16N2O.H2/c1-25-18-5-3-2-4-17(18)20-21-14-19(26-20)15-6-8-16(9-7-15)22-10-12-27(23,24)13-11-22;12-8-11(6-7-11)13-10(14)9-4-2-1-3-5-9;/h2-9,14H,10-13H2,1H3;9H,1-7H2,(H,13,14);1H. The number of hydrogen-bond acceptors (Lipinski definition) is 8. The number of para-hydroxylation sites is 1. The number of carbonyl (C=O) groups excluding carboxylic acids is 1. The van der Waals surface area contributed by atoms with Crippen LogP contribution in [0.15, 0.2) is 54.7 Å². The molecule has 1 amide bonds. The fourth-order valence-corrected chi connectivity index (χ4v) is 7.41. The highest BCUT2D eigenvalue weighted by atomic mass is 32.2. The van der Waals surface area contributed by atoms with Crippen LogP contribution in [0.5, 0.6) is 5.75 Å². The third-order valence-electron chi connectivity index (χ3n) is 8.01. The van der Waals surface area contributed by atoms with Crippen molar-refractivity contribution >= 4 is 32.8 Å². The number of carbonyl (C=O) groups is 1. The van der Waals surface area contributed by atoms with Crippen LogP contribution in [-0.4, -0.2) is 56.6 Å². The first-order valence-electron chi connectivity index (χ1n) is 14.2. The molecule has 41 heavy (non-hydrogen) atoms. The molecule has 6 rings (SSSR count). The maximum atomic E-state index is 11.8. The molecule has 0 bridgehead atoms. The first-order valence-corrected chi connectivity index (χ1v) is 16.8. The molecule has 3 aliphatic rings. The van der Waals surface area contributed by atoms with Crippen molar-refractivity contribution in [3.63, 3.8) is 0 Å². The minimum atomic E-state index is -2.86. The van der Waals surface area contributed by atoms with Gasteiger partial charge in [-0.15, -0.1) is 11.3 Å². The zero-order valence-corrected chi connectivity index (χ0v) is 25.0. The number of nitriles is 1. The van der Waals surface area contributed by atoms with Gasteiger partial charge in [0.1, 0.15) is 16.3 Å². The van der Waals surface area contributed by atoms with E-state index in [9.17, 15) is 13.2 Å². The lowest BCUT2D eigenvalue weighted by atomic mass is 9.88. The lowest BCUT2D eigenvalue weighted by molar-refractivity contribution is -0.126. The molecule has 2 saturated carbocycles. The second kappa shape index (κ2) is 12.6. The molecule has 1 N–H and O–H groups in total. The number of ether oxygens (including phenoxy) is 1. The molecule has 1 aromatic heterocycles. The Balaban J connectivity index is 0.000000228. The van der Waals surface area contributed by atoms with E-state index in [2.05, 4.69) is 45.5 Å². The third-order valence-corrected chi connectivity index (χ3v) is 10.7. The molecule has 0 unspecified atom stereocenters. The Morgan fingerprint density at radius 2 is 1.78 bits per heavy atom. The number of nitrogens with zero attached hydrogens (tertiary/aromatic N) is 3. The average molecular weight is 595 g/mol. The van der Waals surface area contributed by atoms with Crippen molar-refractivity contribution in [3.8, 4) is 32.8 Å². The van der Waals surface area contributed by atoms with Crippen LogP contribution in [0.1, 0.15) is 46.4 Å². The SMILES string of the molecule is COc1ccccc1-c1ncc(-c2ccc(N3CCS(=O)(=O)CC3)cc2)s1.N#CC1(NC(=O)C2CCCCC2)CC1.[HH]. The minimum absolute atomic E-state index is 0.